The summed E-state index contributed by atoms with van der Waals surface area (Å²) in [6.45, 7) is 6.10. The van der Waals surface area contributed by atoms with E-state index in [4.69, 9.17) is 5.73 Å². The molecule has 0 saturated carbocycles. The summed E-state index contributed by atoms with van der Waals surface area (Å²) in [5.41, 5.74) is 5.48. The van der Waals surface area contributed by atoms with Crippen molar-refractivity contribution in [2.45, 2.75) is 13.8 Å². The molecule has 0 aromatic carbocycles. The van der Waals surface area contributed by atoms with Crippen LogP contribution in [-0.2, 0) is 0 Å². The zero-order valence-electron chi connectivity index (χ0n) is 6.96. The Kier molecular flexibility index (Phi) is 2.36. The molecule has 0 amide bonds. The van der Waals surface area contributed by atoms with Crippen LogP contribution in [0.3, 0.4) is 0 Å². The highest BCUT2D eigenvalue weighted by atomic mass is 15.3. The maximum Gasteiger partial charge on any atom is 0.152 e. The monoisotopic (exact) mass is 154 g/mol. The number of nitrogens with zero attached hydrogens (tertiary/aromatic N) is 2. The summed E-state index contributed by atoms with van der Waals surface area (Å²) in [6.07, 6.45) is 0. The number of nitrogens with two attached hydrogens (primary N) is 1. The Bertz CT molecular complexity index is 214. The fourth-order valence-electron chi connectivity index (χ4n) is 1.04. The molecule has 0 aliphatic rings. The molecule has 0 bridgehead atoms. The van der Waals surface area contributed by atoms with E-state index in [0.29, 0.717) is 5.82 Å². The second kappa shape index (κ2) is 3.27. The number of aromatic amines is 1. The van der Waals surface area contributed by atoms with Gasteiger partial charge in [-0.3, -0.25) is 5.10 Å². The number of nitrogen functional groups attached to an aromatic ring is 1. The summed E-state index contributed by atoms with van der Waals surface area (Å²) >= 11 is 0. The molecule has 1 rings (SSSR count). The molecule has 0 spiro atoms. The van der Waals surface area contributed by atoms with E-state index in [1.807, 2.05) is 6.07 Å². The van der Waals surface area contributed by atoms with Crippen molar-refractivity contribution < 1.29 is 0 Å². The summed E-state index contributed by atoms with van der Waals surface area (Å²) in [5, 5.41) is 6.74. The largest absolute Gasteiger partial charge is 0.384 e. The minimum Gasteiger partial charge on any atom is -0.384 e. The number of rotatable bonds is 3. The van der Waals surface area contributed by atoms with E-state index in [1.54, 1.807) is 0 Å². The van der Waals surface area contributed by atoms with E-state index in [1.165, 1.54) is 0 Å². The second-order valence-corrected chi connectivity index (χ2v) is 2.35. The third kappa shape index (κ3) is 1.63. The van der Waals surface area contributed by atoms with E-state index < -0.39 is 0 Å². The first-order valence-electron chi connectivity index (χ1n) is 3.83. The molecule has 0 aliphatic carbocycles. The van der Waals surface area contributed by atoms with Gasteiger partial charge in [-0.2, -0.15) is 5.10 Å². The summed E-state index contributed by atoms with van der Waals surface area (Å²) in [6, 6.07) is 1.84. The van der Waals surface area contributed by atoms with Crippen molar-refractivity contribution in [2.75, 3.05) is 23.7 Å². The number of hydrogen-bond acceptors (Lipinski definition) is 3. The lowest BCUT2D eigenvalue weighted by Crippen LogP contribution is -2.21. The van der Waals surface area contributed by atoms with Crippen LogP contribution in [0, 0.1) is 0 Å². The molecule has 0 atom stereocenters. The molecule has 0 aliphatic heterocycles. The molecule has 4 nitrogen and oxygen atoms in total. The first-order chi connectivity index (χ1) is 5.27. The van der Waals surface area contributed by atoms with Gasteiger partial charge in [-0.1, -0.05) is 0 Å². The average molecular weight is 154 g/mol. The molecule has 4 heteroatoms. The maximum absolute atomic E-state index is 5.48. The highest BCUT2D eigenvalue weighted by Crippen LogP contribution is 2.11. The standard InChI is InChI=1S/C7H14N4/c1-3-11(4-2)7-5-6(8)9-10-7/h5H,3-4H2,1-2H3,(H3,8,9,10). The number of anilines is 2. The van der Waals surface area contributed by atoms with Gasteiger partial charge in [0.15, 0.2) is 5.82 Å². The Hall–Kier alpha value is -1.19. The Balaban J connectivity index is 2.73. The molecule has 11 heavy (non-hydrogen) atoms. The maximum atomic E-state index is 5.48. The van der Waals surface area contributed by atoms with E-state index >= 15 is 0 Å². The summed E-state index contributed by atoms with van der Waals surface area (Å²) < 4.78 is 0. The van der Waals surface area contributed by atoms with E-state index in [2.05, 4.69) is 28.9 Å². The van der Waals surface area contributed by atoms with Gasteiger partial charge in [-0.15, -0.1) is 0 Å². The van der Waals surface area contributed by atoms with Crippen LogP contribution in [0.2, 0.25) is 0 Å². The first kappa shape index (κ1) is 7.91. The van der Waals surface area contributed by atoms with Crippen molar-refractivity contribution in [3.8, 4) is 0 Å². The van der Waals surface area contributed by atoms with Crippen molar-refractivity contribution in [3.63, 3.8) is 0 Å². The number of H-pyrrole nitrogens is 1. The zero-order valence-corrected chi connectivity index (χ0v) is 6.96. The topological polar surface area (TPSA) is 57.9 Å². The van der Waals surface area contributed by atoms with Gasteiger partial charge in [0.1, 0.15) is 5.82 Å². The average Bonchev–Trinajstić information content (AvgIpc) is 2.39. The lowest BCUT2D eigenvalue weighted by molar-refractivity contribution is 0.839. The van der Waals surface area contributed by atoms with Crippen molar-refractivity contribution in [1.29, 1.82) is 0 Å². The third-order valence-corrected chi connectivity index (χ3v) is 1.67. The van der Waals surface area contributed by atoms with Gasteiger partial charge in [0.05, 0.1) is 0 Å². The molecule has 0 fully saturated rings. The lowest BCUT2D eigenvalue weighted by atomic mass is 10.4. The summed E-state index contributed by atoms with van der Waals surface area (Å²) in [7, 11) is 0. The number of aromatic nitrogens is 2. The van der Waals surface area contributed by atoms with Crippen LogP contribution in [0.25, 0.3) is 0 Å². The van der Waals surface area contributed by atoms with E-state index in [0.717, 1.165) is 18.9 Å². The van der Waals surface area contributed by atoms with Crippen molar-refractivity contribution >= 4 is 11.6 Å². The lowest BCUT2D eigenvalue weighted by Gasteiger charge is -2.16. The molecule has 0 radical (unpaired) electrons. The highest BCUT2D eigenvalue weighted by Gasteiger charge is 2.03. The predicted octanol–water partition coefficient (Wildman–Crippen LogP) is 0.838. The quantitative estimate of drug-likeness (QED) is 0.678. The summed E-state index contributed by atoms with van der Waals surface area (Å²) in [5.74, 6) is 1.54. The van der Waals surface area contributed by atoms with Crippen molar-refractivity contribution in [3.05, 3.63) is 6.07 Å². The molecule has 0 saturated heterocycles. The molecular formula is C7H14N4. The highest BCUT2D eigenvalue weighted by molar-refractivity contribution is 5.46. The summed E-state index contributed by atoms with van der Waals surface area (Å²) in [4.78, 5) is 2.13. The normalized spacial score (nSPS) is 10.0. The van der Waals surface area contributed by atoms with Crippen LogP contribution in [-0.4, -0.2) is 23.3 Å². The van der Waals surface area contributed by atoms with Crippen LogP contribution >= 0.6 is 0 Å². The fourth-order valence-corrected chi connectivity index (χ4v) is 1.04. The Morgan fingerprint density at radius 1 is 1.55 bits per heavy atom. The number of hydrogen-bond donors (Lipinski definition) is 2. The number of nitrogens with one attached hydrogen (secondary N) is 1. The second-order valence-electron chi connectivity index (χ2n) is 2.35. The van der Waals surface area contributed by atoms with Crippen molar-refractivity contribution in [2.24, 2.45) is 0 Å². The van der Waals surface area contributed by atoms with Crippen LogP contribution in [0.1, 0.15) is 13.8 Å². The van der Waals surface area contributed by atoms with Gasteiger partial charge in [0.25, 0.3) is 0 Å². The molecule has 0 unspecified atom stereocenters. The van der Waals surface area contributed by atoms with Gasteiger partial charge < -0.3 is 10.6 Å². The van der Waals surface area contributed by atoms with Crippen molar-refractivity contribution in [1.82, 2.24) is 10.2 Å². The van der Waals surface area contributed by atoms with Crippen LogP contribution < -0.4 is 10.6 Å². The molecule has 1 aromatic rings. The Morgan fingerprint density at radius 3 is 2.55 bits per heavy atom. The Morgan fingerprint density at radius 2 is 2.18 bits per heavy atom. The van der Waals surface area contributed by atoms with Crippen LogP contribution in [0.15, 0.2) is 6.07 Å². The third-order valence-electron chi connectivity index (χ3n) is 1.67. The van der Waals surface area contributed by atoms with Gasteiger partial charge in [0, 0.05) is 19.2 Å². The smallest absolute Gasteiger partial charge is 0.152 e. The molecule has 1 heterocycles. The molecule has 3 N–H and O–H groups in total. The van der Waals surface area contributed by atoms with E-state index in [9.17, 15) is 0 Å². The SMILES string of the molecule is CCN(CC)c1cc(N)[nH]n1. The zero-order chi connectivity index (χ0) is 8.27. The van der Waals surface area contributed by atoms with E-state index in [-0.39, 0.29) is 0 Å². The molecule has 1 aromatic heterocycles. The predicted molar refractivity (Wildman–Crippen MR) is 46.6 cm³/mol. The van der Waals surface area contributed by atoms with Gasteiger partial charge in [-0.05, 0) is 13.8 Å². The molecular weight excluding hydrogens is 140 g/mol. The Labute approximate surface area is 66.4 Å². The van der Waals surface area contributed by atoms with Crippen LogP contribution in [0.4, 0.5) is 11.6 Å². The fraction of sp³-hybridized carbons (Fsp3) is 0.571. The minimum atomic E-state index is 0.618. The van der Waals surface area contributed by atoms with Crippen LogP contribution in [0.5, 0.6) is 0 Å². The minimum absolute atomic E-state index is 0.618. The molecule has 62 valence electrons. The van der Waals surface area contributed by atoms with Gasteiger partial charge in [0.2, 0.25) is 0 Å². The van der Waals surface area contributed by atoms with Gasteiger partial charge >= 0.3 is 0 Å². The van der Waals surface area contributed by atoms with Gasteiger partial charge in [-0.25, -0.2) is 0 Å². The first-order valence-corrected chi connectivity index (χ1v) is 3.83.